The Labute approximate surface area is 146 Å². The molecule has 1 aromatic carbocycles. The quantitative estimate of drug-likeness (QED) is 0.791. The average Bonchev–Trinajstić information content (AvgIpc) is 3.23. The van der Waals surface area contributed by atoms with Crippen molar-refractivity contribution in [3.63, 3.8) is 0 Å². The van der Waals surface area contributed by atoms with E-state index in [0.717, 1.165) is 42.7 Å². The highest BCUT2D eigenvalue weighted by Gasteiger charge is 2.21. The summed E-state index contributed by atoms with van der Waals surface area (Å²) in [5.41, 5.74) is 0.960. The largest absolute Gasteiger partial charge is 0.309 e. The van der Waals surface area contributed by atoms with Crippen molar-refractivity contribution in [3.05, 3.63) is 42.7 Å². The van der Waals surface area contributed by atoms with Crippen LogP contribution in [0, 0.1) is 0 Å². The summed E-state index contributed by atoms with van der Waals surface area (Å²) in [5, 5.41) is 12.8. The summed E-state index contributed by atoms with van der Waals surface area (Å²) in [6.45, 7) is 2.29. The molecule has 0 bridgehead atoms. The number of benzene rings is 1. The third kappa shape index (κ3) is 3.28. The summed E-state index contributed by atoms with van der Waals surface area (Å²) in [5.74, 6) is 0.666. The second kappa shape index (κ2) is 6.68. The molecule has 1 aliphatic heterocycles. The number of aromatic nitrogens is 4. The van der Waals surface area contributed by atoms with E-state index in [1.165, 1.54) is 0 Å². The first-order valence-corrected chi connectivity index (χ1v) is 8.63. The van der Waals surface area contributed by atoms with Crippen LogP contribution in [0.1, 0.15) is 18.9 Å². The number of carbonyl (C=O) groups is 1. The van der Waals surface area contributed by atoms with Crippen LogP contribution in [0.15, 0.2) is 42.7 Å². The van der Waals surface area contributed by atoms with Gasteiger partial charge in [-0.25, -0.2) is 4.68 Å². The van der Waals surface area contributed by atoms with E-state index in [1.807, 2.05) is 35.0 Å². The SMILES string of the molecule is CN1CCC(n2nccc2NC(=O)Cn2ncc3ccccc32)CC1. The number of para-hydroxylation sites is 1. The van der Waals surface area contributed by atoms with Crippen LogP contribution in [0.2, 0.25) is 0 Å². The van der Waals surface area contributed by atoms with Crippen molar-refractivity contribution in [3.8, 4) is 0 Å². The standard InChI is InChI=1S/C18H22N6O/c1-22-10-7-15(8-11-22)24-17(6-9-19-24)21-18(25)13-23-16-5-3-2-4-14(16)12-20-23/h2-6,9,12,15H,7-8,10-11,13H2,1H3,(H,21,25). The second-order valence-electron chi connectivity index (χ2n) is 6.60. The molecule has 3 heterocycles. The summed E-state index contributed by atoms with van der Waals surface area (Å²) in [4.78, 5) is 14.8. The third-order valence-corrected chi connectivity index (χ3v) is 4.82. The van der Waals surface area contributed by atoms with E-state index in [-0.39, 0.29) is 12.5 Å². The number of piperidine rings is 1. The number of fused-ring (bicyclic) bond motifs is 1. The molecular formula is C18H22N6O. The van der Waals surface area contributed by atoms with Crippen LogP contribution in [0.25, 0.3) is 10.9 Å². The summed E-state index contributed by atoms with van der Waals surface area (Å²) in [7, 11) is 2.14. The maximum absolute atomic E-state index is 12.5. The van der Waals surface area contributed by atoms with Gasteiger partial charge in [0.25, 0.3) is 0 Å². The third-order valence-electron chi connectivity index (χ3n) is 4.82. The van der Waals surface area contributed by atoms with E-state index < -0.39 is 0 Å². The minimum absolute atomic E-state index is 0.0940. The van der Waals surface area contributed by atoms with Crippen LogP contribution in [-0.4, -0.2) is 50.5 Å². The van der Waals surface area contributed by atoms with Crippen LogP contribution in [0.4, 0.5) is 5.82 Å². The lowest BCUT2D eigenvalue weighted by molar-refractivity contribution is -0.116. The molecule has 0 atom stereocenters. The van der Waals surface area contributed by atoms with Crippen LogP contribution in [0.3, 0.4) is 0 Å². The van der Waals surface area contributed by atoms with Gasteiger partial charge in [0.15, 0.2) is 0 Å². The number of nitrogens with one attached hydrogen (secondary N) is 1. The minimum atomic E-state index is -0.0940. The van der Waals surface area contributed by atoms with Crippen LogP contribution in [-0.2, 0) is 11.3 Å². The van der Waals surface area contributed by atoms with E-state index in [1.54, 1.807) is 17.1 Å². The highest BCUT2D eigenvalue weighted by atomic mass is 16.2. The van der Waals surface area contributed by atoms with Gasteiger partial charge in [-0.2, -0.15) is 10.2 Å². The summed E-state index contributed by atoms with van der Waals surface area (Å²) in [6, 6.07) is 10.1. The van der Waals surface area contributed by atoms with Gasteiger partial charge in [-0.05, 0) is 39.0 Å². The fourth-order valence-corrected chi connectivity index (χ4v) is 3.41. The van der Waals surface area contributed by atoms with Crippen molar-refractivity contribution in [2.24, 2.45) is 0 Å². The molecule has 0 spiro atoms. The molecule has 25 heavy (non-hydrogen) atoms. The Morgan fingerprint density at radius 1 is 1.20 bits per heavy atom. The number of amides is 1. The van der Waals surface area contributed by atoms with Crippen molar-refractivity contribution in [2.75, 3.05) is 25.5 Å². The molecule has 7 nitrogen and oxygen atoms in total. The molecular weight excluding hydrogens is 316 g/mol. The molecule has 1 aliphatic rings. The highest BCUT2D eigenvalue weighted by molar-refractivity contribution is 5.91. The van der Waals surface area contributed by atoms with E-state index in [9.17, 15) is 4.79 Å². The lowest BCUT2D eigenvalue weighted by Crippen LogP contribution is -2.32. The number of hydrogen-bond acceptors (Lipinski definition) is 4. The monoisotopic (exact) mass is 338 g/mol. The predicted molar refractivity (Wildman–Crippen MR) is 96.4 cm³/mol. The number of hydrogen-bond donors (Lipinski definition) is 1. The Balaban J connectivity index is 1.46. The number of rotatable bonds is 4. The smallest absolute Gasteiger partial charge is 0.247 e. The molecule has 2 aromatic heterocycles. The number of carbonyl (C=O) groups excluding carboxylic acids is 1. The van der Waals surface area contributed by atoms with Crippen molar-refractivity contribution >= 4 is 22.6 Å². The minimum Gasteiger partial charge on any atom is -0.309 e. The zero-order valence-electron chi connectivity index (χ0n) is 14.3. The van der Waals surface area contributed by atoms with Crippen molar-refractivity contribution in [2.45, 2.75) is 25.4 Å². The predicted octanol–water partition coefficient (Wildman–Crippen LogP) is 2.14. The van der Waals surface area contributed by atoms with E-state index >= 15 is 0 Å². The van der Waals surface area contributed by atoms with Gasteiger partial charge in [0.2, 0.25) is 5.91 Å². The molecule has 0 radical (unpaired) electrons. The number of likely N-dealkylation sites (tertiary alicyclic amines) is 1. The van der Waals surface area contributed by atoms with Gasteiger partial charge in [0.1, 0.15) is 12.4 Å². The van der Waals surface area contributed by atoms with Gasteiger partial charge in [0.05, 0.1) is 24.0 Å². The summed E-state index contributed by atoms with van der Waals surface area (Å²) < 4.78 is 3.67. The Morgan fingerprint density at radius 2 is 2.00 bits per heavy atom. The van der Waals surface area contributed by atoms with E-state index in [4.69, 9.17) is 0 Å². The molecule has 1 saturated heterocycles. The topological polar surface area (TPSA) is 68.0 Å². The molecule has 7 heteroatoms. The Morgan fingerprint density at radius 3 is 2.84 bits per heavy atom. The number of anilines is 1. The Hall–Kier alpha value is -2.67. The maximum atomic E-state index is 12.5. The van der Waals surface area contributed by atoms with Crippen molar-refractivity contribution in [1.82, 2.24) is 24.5 Å². The fraction of sp³-hybridized carbons (Fsp3) is 0.389. The Kier molecular flexibility index (Phi) is 4.23. The summed E-state index contributed by atoms with van der Waals surface area (Å²) in [6.07, 6.45) is 5.62. The van der Waals surface area contributed by atoms with Crippen molar-refractivity contribution in [1.29, 1.82) is 0 Å². The number of nitrogens with zero attached hydrogens (tertiary/aromatic N) is 5. The molecule has 130 valence electrons. The van der Waals surface area contributed by atoms with Gasteiger partial charge in [-0.1, -0.05) is 18.2 Å². The average molecular weight is 338 g/mol. The summed E-state index contributed by atoms with van der Waals surface area (Å²) >= 11 is 0. The first-order valence-electron chi connectivity index (χ1n) is 8.63. The lowest BCUT2D eigenvalue weighted by Gasteiger charge is -2.30. The zero-order valence-corrected chi connectivity index (χ0v) is 14.3. The zero-order chi connectivity index (χ0) is 17.2. The fourth-order valence-electron chi connectivity index (χ4n) is 3.41. The second-order valence-corrected chi connectivity index (χ2v) is 6.60. The molecule has 1 amide bonds. The van der Waals surface area contributed by atoms with Gasteiger partial charge < -0.3 is 10.2 Å². The normalized spacial score (nSPS) is 16.4. The van der Waals surface area contributed by atoms with Gasteiger partial charge in [-0.3, -0.25) is 9.48 Å². The molecule has 1 N–H and O–H groups in total. The highest BCUT2D eigenvalue weighted by Crippen LogP contribution is 2.24. The van der Waals surface area contributed by atoms with Gasteiger partial charge in [-0.15, -0.1) is 0 Å². The molecule has 3 aromatic rings. The van der Waals surface area contributed by atoms with E-state index in [0.29, 0.717) is 6.04 Å². The van der Waals surface area contributed by atoms with Crippen LogP contribution < -0.4 is 5.32 Å². The molecule has 0 unspecified atom stereocenters. The molecule has 0 saturated carbocycles. The Bertz CT molecular complexity index is 874. The lowest BCUT2D eigenvalue weighted by atomic mass is 10.1. The van der Waals surface area contributed by atoms with Crippen molar-refractivity contribution < 1.29 is 4.79 Å². The van der Waals surface area contributed by atoms with Gasteiger partial charge >= 0.3 is 0 Å². The first-order chi connectivity index (χ1) is 12.2. The molecule has 0 aliphatic carbocycles. The van der Waals surface area contributed by atoms with E-state index in [2.05, 4.69) is 27.5 Å². The maximum Gasteiger partial charge on any atom is 0.247 e. The van der Waals surface area contributed by atoms with Crippen LogP contribution >= 0.6 is 0 Å². The first kappa shape index (κ1) is 15.8. The molecule has 1 fully saturated rings. The van der Waals surface area contributed by atoms with Crippen LogP contribution in [0.5, 0.6) is 0 Å². The van der Waals surface area contributed by atoms with Gasteiger partial charge in [0, 0.05) is 11.5 Å². The molecule has 4 rings (SSSR count).